The maximum Gasteiger partial charge on any atom is 0.0702 e. The third-order valence-electron chi connectivity index (χ3n) is 3.79. The van der Waals surface area contributed by atoms with Crippen LogP contribution in [0.4, 0.5) is 0 Å². The van der Waals surface area contributed by atoms with Crippen LogP contribution in [0.3, 0.4) is 0 Å². The minimum Gasteiger partial charge on any atom is -0.377 e. The number of nitrogens with one attached hydrogen (secondary N) is 1. The molecule has 0 radical (unpaired) electrons. The van der Waals surface area contributed by atoms with Gasteiger partial charge in [0.2, 0.25) is 0 Å². The maximum atomic E-state index is 5.82. The lowest BCUT2D eigenvalue weighted by atomic mass is 10.1. The zero-order chi connectivity index (χ0) is 13.4. The number of ether oxygens (including phenoxy) is 1. The van der Waals surface area contributed by atoms with Crippen LogP contribution in [-0.2, 0) is 4.74 Å². The topological polar surface area (TPSA) is 24.5 Å². The maximum absolute atomic E-state index is 5.82. The lowest BCUT2D eigenvalue weighted by Gasteiger charge is -2.32. The monoisotopic (exact) mass is 256 g/mol. The zero-order valence-electron chi connectivity index (χ0n) is 12.7. The molecule has 0 bridgehead atoms. The third kappa shape index (κ3) is 6.17. The normalized spacial score (nSPS) is 22.7. The van der Waals surface area contributed by atoms with E-state index in [-0.39, 0.29) is 0 Å². The molecule has 0 saturated carbocycles. The molecule has 1 rings (SSSR count). The minimum atomic E-state index is 0.461. The zero-order valence-corrected chi connectivity index (χ0v) is 12.7. The van der Waals surface area contributed by atoms with E-state index in [0.29, 0.717) is 12.1 Å². The molecular formula is C15H32N2O. The molecule has 3 nitrogen and oxygen atoms in total. The van der Waals surface area contributed by atoms with Crippen LogP contribution in [0.1, 0.15) is 46.5 Å². The standard InChI is InChI=1S/C15H32N2O/c1-5-14(11-16-10-13(2)3)17(4)12-15-8-6-7-9-18-15/h13-16H,5-12H2,1-4H3. The van der Waals surface area contributed by atoms with Crippen molar-refractivity contribution in [1.82, 2.24) is 10.2 Å². The predicted molar refractivity (Wildman–Crippen MR) is 78.0 cm³/mol. The first kappa shape index (κ1) is 15.9. The number of likely N-dealkylation sites (N-methyl/N-ethyl adjacent to an activating group) is 1. The van der Waals surface area contributed by atoms with Gasteiger partial charge in [-0.1, -0.05) is 20.8 Å². The van der Waals surface area contributed by atoms with E-state index in [4.69, 9.17) is 4.74 Å². The van der Waals surface area contributed by atoms with Crippen molar-refractivity contribution in [2.75, 3.05) is 33.3 Å². The van der Waals surface area contributed by atoms with Crippen LogP contribution >= 0.6 is 0 Å². The molecule has 0 aromatic heterocycles. The highest BCUT2D eigenvalue weighted by Crippen LogP contribution is 2.14. The second kappa shape index (κ2) is 8.89. The van der Waals surface area contributed by atoms with Crippen LogP contribution in [0.2, 0.25) is 0 Å². The summed E-state index contributed by atoms with van der Waals surface area (Å²) < 4.78 is 5.82. The SMILES string of the molecule is CCC(CNCC(C)C)N(C)CC1CCCCO1. The summed E-state index contributed by atoms with van der Waals surface area (Å²) in [5.74, 6) is 0.731. The van der Waals surface area contributed by atoms with Crippen LogP contribution in [0.25, 0.3) is 0 Å². The average molecular weight is 256 g/mol. The minimum absolute atomic E-state index is 0.461. The molecule has 1 aliphatic heterocycles. The van der Waals surface area contributed by atoms with Gasteiger partial charge in [0.15, 0.2) is 0 Å². The molecule has 0 aromatic rings. The van der Waals surface area contributed by atoms with Crippen LogP contribution in [-0.4, -0.2) is 50.3 Å². The Labute approximate surface area is 113 Å². The van der Waals surface area contributed by atoms with Gasteiger partial charge < -0.3 is 10.1 Å². The van der Waals surface area contributed by atoms with E-state index in [1.54, 1.807) is 0 Å². The van der Waals surface area contributed by atoms with E-state index < -0.39 is 0 Å². The van der Waals surface area contributed by atoms with Crippen molar-refractivity contribution in [3.63, 3.8) is 0 Å². The molecule has 108 valence electrons. The fraction of sp³-hybridized carbons (Fsp3) is 1.00. The third-order valence-corrected chi connectivity index (χ3v) is 3.79. The van der Waals surface area contributed by atoms with Gasteiger partial charge in [-0.2, -0.15) is 0 Å². The summed E-state index contributed by atoms with van der Waals surface area (Å²) in [6.07, 6.45) is 5.48. The van der Waals surface area contributed by atoms with Crippen LogP contribution in [0, 0.1) is 5.92 Å². The van der Waals surface area contributed by atoms with E-state index in [9.17, 15) is 0 Å². The first-order valence-electron chi connectivity index (χ1n) is 7.66. The summed E-state index contributed by atoms with van der Waals surface area (Å²) in [5, 5.41) is 3.57. The molecule has 2 atom stereocenters. The summed E-state index contributed by atoms with van der Waals surface area (Å²) in [6, 6.07) is 0.634. The highest BCUT2D eigenvalue weighted by atomic mass is 16.5. The molecule has 0 aromatic carbocycles. The number of rotatable bonds is 8. The first-order valence-corrected chi connectivity index (χ1v) is 7.66. The van der Waals surface area contributed by atoms with Crippen molar-refractivity contribution in [1.29, 1.82) is 0 Å². The molecule has 18 heavy (non-hydrogen) atoms. The fourth-order valence-corrected chi connectivity index (χ4v) is 2.57. The summed E-state index contributed by atoms with van der Waals surface area (Å²) >= 11 is 0. The molecule has 0 amide bonds. The molecule has 1 N–H and O–H groups in total. The van der Waals surface area contributed by atoms with Gasteiger partial charge in [0, 0.05) is 25.7 Å². The van der Waals surface area contributed by atoms with Gasteiger partial charge in [-0.15, -0.1) is 0 Å². The molecule has 1 saturated heterocycles. The second-order valence-electron chi connectivity index (χ2n) is 6.04. The average Bonchev–Trinajstić information content (AvgIpc) is 2.35. The molecule has 2 unspecified atom stereocenters. The molecule has 0 aliphatic carbocycles. The van der Waals surface area contributed by atoms with Gasteiger partial charge in [0.05, 0.1) is 6.10 Å². The van der Waals surface area contributed by atoms with Gasteiger partial charge in [-0.25, -0.2) is 0 Å². The summed E-state index contributed by atoms with van der Waals surface area (Å²) in [6.45, 7) is 11.0. The van der Waals surface area contributed by atoms with E-state index >= 15 is 0 Å². The molecule has 1 aliphatic rings. The Hall–Kier alpha value is -0.120. The molecular weight excluding hydrogens is 224 g/mol. The van der Waals surface area contributed by atoms with E-state index in [1.165, 1.54) is 25.7 Å². The van der Waals surface area contributed by atoms with Gasteiger partial charge in [0.1, 0.15) is 0 Å². The Morgan fingerprint density at radius 3 is 2.61 bits per heavy atom. The summed E-state index contributed by atoms with van der Waals surface area (Å²) in [5.41, 5.74) is 0. The Morgan fingerprint density at radius 1 is 1.28 bits per heavy atom. The Bertz CT molecular complexity index is 203. The van der Waals surface area contributed by atoms with E-state index in [1.807, 2.05) is 0 Å². The van der Waals surface area contributed by atoms with Crippen molar-refractivity contribution in [2.24, 2.45) is 5.92 Å². The summed E-state index contributed by atoms with van der Waals surface area (Å²) in [4.78, 5) is 2.48. The van der Waals surface area contributed by atoms with Crippen molar-refractivity contribution in [3.8, 4) is 0 Å². The van der Waals surface area contributed by atoms with E-state index in [2.05, 4.69) is 38.0 Å². The van der Waals surface area contributed by atoms with Crippen molar-refractivity contribution >= 4 is 0 Å². The Morgan fingerprint density at radius 2 is 2.06 bits per heavy atom. The van der Waals surface area contributed by atoms with Gasteiger partial charge in [0.25, 0.3) is 0 Å². The smallest absolute Gasteiger partial charge is 0.0702 e. The van der Waals surface area contributed by atoms with Crippen LogP contribution < -0.4 is 5.32 Å². The number of hydrogen-bond acceptors (Lipinski definition) is 3. The number of hydrogen-bond donors (Lipinski definition) is 1. The molecule has 1 heterocycles. The van der Waals surface area contributed by atoms with Gasteiger partial charge in [-0.05, 0) is 45.2 Å². The second-order valence-corrected chi connectivity index (χ2v) is 6.04. The lowest BCUT2D eigenvalue weighted by Crippen LogP contribution is -2.44. The van der Waals surface area contributed by atoms with Crippen molar-refractivity contribution in [2.45, 2.75) is 58.6 Å². The van der Waals surface area contributed by atoms with Crippen molar-refractivity contribution in [3.05, 3.63) is 0 Å². The Balaban J connectivity index is 2.24. The molecule has 0 spiro atoms. The van der Waals surface area contributed by atoms with E-state index in [0.717, 1.165) is 32.2 Å². The van der Waals surface area contributed by atoms with Gasteiger partial charge >= 0.3 is 0 Å². The molecule has 3 heteroatoms. The predicted octanol–water partition coefficient (Wildman–Crippen LogP) is 2.51. The lowest BCUT2D eigenvalue weighted by molar-refractivity contribution is -0.00838. The summed E-state index contributed by atoms with van der Waals surface area (Å²) in [7, 11) is 2.24. The largest absolute Gasteiger partial charge is 0.377 e. The quantitative estimate of drug-likeness (QED) is 0.722. The van der Waals surface area contributed by atoms with Crippen LogP contribution in [0.15, 0.2) is 0 Å². The highest BCUT2D eigenvalue weighted by Gasteiger charge is 2.19. The molecule has 1 fully saturated rings. The van der Waals surface area contributed by atoms with Gasteiger partial charge in [-0.3, -0.25) is 4.90 Å². The first-order chi connectivity index (χ1) is 8.63. The number of nitrogens with zero attached hydrogens (tertiary/aromatic N) is 1. The Kier molecular flexibility index (Phi) is 7.87. The van der Waals surface area contributed by atoms with Crippen LogP contribution in [0.5, 0.6) is 0 Å². The highest BCUT2D eigenvalue weighted by molar-refractivity contribution is 4.75. The van der Waals surface area contributed by atoms with Crippen molar-refractivity contribution < 1.29 is 4.74 Å². The fourth-order valence-electron chi connectivity index (χ4n) is 2.57.